The SMILES string of the molecule is C/C=C(C)\C(C)=C/C(=NC)c1cc(C)c(C)cn1. The largest absolute Gasteiger partial charge is 0.286 e. The Balaban J connectivity index is 3.16. The van der Waals surface area contributed by atoms with Gasteiger partial charge in [-0.05, 0) is 63.5 Å². The van der Waals surface area contributed by atoms with E-state index >= 15 is 0 Å². The first-order valence-electron chi connectivity index (χ1n) is 6.21. The third kappa shape index (κ3) is 3.39. The van der Waals surface area contributed by atoms with Crippen LogP contribution in [0.25, 0.3) is 0 Å². The van der Waals surface area contributed by atoms with Crippen molar-refractivity contribution in [2.24, 2.45) is 4.99 Å². The Hall–Kier alpha value is -1.70. The van der Waals surface area contributed by atoms with Gasteiger partial charge in [-0.2, -0.15) is 0 Å². The molecule has 18 heavy (non-hydrogen) atoms. The first-order valence-corrected chi connectivity index (χ1v) is 6.21. The Morgan fingerprint density at radius 1 is 1.17 bits per heavy atom. The minimum atomic E-state index is 0.928. The molecular formula is C16H22N2. The van der Waals surface area contributed by atoms with E-state index in [1.165, 1.54) is 22.3 Å². The maximum Gasteiger partial charge on any atom is 0.0884 e. The highest BCUT2D eigenvalue weighted by Gasteiger charge is 2.04. The minimum absolute atomic E-state index is 0.928. The van der Waals surface area contributed by atoms with Gasteiger partial charge < -0.3 is 0 Å². The fraction of sp³-hybridized carbons (Fsp3) is 0.375. The lowest BCUT2D eigenvalue weighted by atomic mass is 10.0. The first kappa shape index (κ1) is 14.4. The van der Waals surface area contributed by atoms with Crippen molar-refractivity contribution in [3.8, 4) is 0 Å². The van der Waals surface area contributed by atoms with Gasteiger partial charge in [0.1, 0.15) is 0 Å². The molecule has 0 saturated carbocycles. The van der Waals surface area contributed by atoms with Gasteiger partial charge in [0, 0.05) is 13.2 Å². The number of nitrogens with zero attached hydrogens (tertiary/aromatic N) is 2. The number of rotatable bonds is 3. The van der Waals surface area contributed by atoms with E-state index in [0.29, 0.717) is 0 Å². The fourth-order valence-electron chi connectivity index (χ4n) is 1.56. The van der Waals surface area contributed by atoms with E-state index in [4.69, 9.17) is 0 Å². The highest BCUT2D eigenvalue weighted by Crippen LogP contribution is 2.12. The Morgan fingerprint density at radius 2 is 1.83 bits per heavy atom. The Kier molecular flexibility index (Phi) is 5.02. The molecule has 1 aromatic heterocycles. The average Bonchev–Trinajstić information content (AvgIpc) is 2.38. The Morgan fingerprint density at radius 3 is 2.33 bits per heavy atom. The van der Waals surface area contributed by atoms with Crippen LogP contribution in [0.2, 0.25) is 0 Å². The highest BCUT2D eigenvalue weighted by atomic mass is 14.8. The standard InChI is InChI=1S/C16H22N2/c1-7-11(2)12(3)8-15(17-6)16-9-13(4)14(5)10-18-16/h7-10H,1-6H3/b11-7-,12-8-,17-15?. The number of aryl methyl sites for hydroxylation is 2. The van der Waals surface area contributed by atoms with Crippen molar-refractivity contribution in [3.63, 3.8) is 0 Å². The van der Waals surface area contributed by atoms with Crippen LogP contribution in [0.1, 0.15) is 37.6 Å². The van der Waals surface area contributed by atoms with Crippen LogP contribution in [0.15, 0.2) is 40.6 Å². The van der Waals surface area contributed by atoms with Crippen LogP contribution in [-0.4, -0.2) is 17.7 Å². The molecule has 1 heterocycles. The normalized spacial score (nSPS) is 14.0. The van der Waals surface area contributed by atoms with E-state index in [1.54, 1.807) is 7.05 Å². The molecule has 0 aromatic carbocycles. The van der Waals surface area contributed by atoms with Crippen LogP contribution in [0.4, 0.5) is 0 Å². The topological polar surface area (TPSA) is 25.2 Å². The summed E-state index contributed by atoms with van der Waals surface area (Å²) in [4.78, 5) is 8.79. The molecule has 0 atom stereocenters. The third-order valence-corrected chi connectivity index (χ3v) is 3.28. The molecule has 0 unspecified atom stereocenters. The molecule has 0 bridgehead atoms. The van der Waals surface area contributed by atoms with E-state index < -0.39 is 0 Å². The molecule has 1 rings (SSSR count). The lowest BCUT2D eigenvalue weighted by molar-refractivity contribution is 1.19. The summed E-state index contributed by atoms with van der Waals surface area (Å²) in [5.41, 5.74) is 6.80. The van der Waals surface area contributed by atoms with Gasteiger partial charge in [-0.15, -0.1) is 0 Å². The van der Waals surface area contributed by atoms with Crippen molar-refractivity contribution >= 4 is 5.71 Å². The van der Waals surface area contributed by atoms with E-state index in [2.05, 4.69) is 55.9 Å². The van der Waals surface area contributed by atoms with Crippen LogP contribution in [0.3, 0.4) is 0 Å². The summed E-state index contributed by atoms with van der Waals surface area (Å²) in [6.45, 7) is 10.4. The maximum atomic E-state index is 4.45. The molecule has 0 aliphatic heterocycles. The van der Waals surface area contributed by atoms with Crippen molar-refractivity contribution in [3.05, 3.63) is 52.4 Å². The third-order valence-electron chi connectivity index (χ3n) is 3.28. The number of pyridine rings is 1. The fourth-order valence-corrected chi connectivity index (χ4v) is 1.56. The van der Waals surface area contributed by atoms with Gasteiger partial charge in [-0.3, -0.25) is 9.98 Å². The summed E-state index contributed by atoms with van der Waals surface area (Å²) < 4.78 is 0. The average molecular weight is 242 g/mol. The molecule has 0 saturated heterocycles. The summed E-state index contributed by atoms with van der Waals surface area (Å²) in [6.07, 6.45) is 6.10. The van der Waals surface area contributed by atoms with Gasteiger partial charge in [-0.25, -0.2) is 0 Å². The van der Waals surface area contributed by atoms with Gasteiger partial charge >= 0.3 is 0 Å². The molecule has 0 amide bonds. The van der Waals surface area contributed by atoms with Crippen LogP contribution >= 0.6 is 0 Å². The summed E-state index contributed by atoms with van der Waals surface area (Å²) >= 11 is 0. The highest BCUT2D eigenvalue weighted by molar-refractivity contribution is 6.08. The van der Waals surface area contributed by atoms with E-state index in [1.807, 2.05) is 13.1 Å². The number of allylic oxidation sites excluding steroid dienone is 4. The zero-order valence-electron chi connectivity index (χ0n) is 12.2. The number of aliphatic imine (C=N–C) groups is 1. The predicted molar refractivity (Wildman–Crippen MR) is 79.4 cm³/mol. The molecule has 0 aliphatic carbocycles. The van der Waals surface area contributed by atoms with Crippen molar-refractivity contribution in [1.82, 2.24) is 4.98 Å². The van der Waals surface area contributed by atoms with Gasteiger partial charge in [-0.1, -0.05) is 11.6 Å². The number of hydrogen-bond donors (Lipinski definition) is 0. The maximum absolute atomic E-state index is 4.45. The summed E-state index contributed by atoms with van der Waals surface area (Å²) in [5, 5.41) is 0. The molecule has 0 N–H and O–H groups in total. The lowest BCUT2D eigenvalue weighted by Crippen LogP contribution is -2.03. The molecule has 0 fully saturated rings. The molecule has 96 valence electrons. The summed E-state index contributed by atoms with van der Waals surface area (Å²) in [5.74, 6) is 0. The van der Waals surface area contributed by atoms with Crippen LogP contribution in [0.5, 0.6) is 0 Å². The van der Waals surface area contributed by atoms with Gasteiger partial charge in [0.25, 0.3) is 0 Å². The van der Waals surface area contributed by atoms with E-state index in [-0.39, 0.29) is 0 Å². The summed E-state index contributed by atoms with van der Waals surface area (Å²) in [7, 11) is 1.81. The van der Waals surface area contributed by atoms with Crippen LogP contribution in [-0.2, 0) is 0 Å². The van der Waals surface area contributed by atoms with Crippen molar-refractivity contribution in [2.45, 2.75) is 34.6 Å². The van der Waals surface area contributed by atoms with Crippen LogP contribution in [0, 0.1) is 13.8 Å². The smallest absolute Gasteiger partial charge is 0.0884 e. The first-order chi connectivity index (χ1) is 8.49. The van der Waals surface area contributed by atoms with Crippen molar-refractivity contribution in [1.29, 1.82) is 0 Å². The second-order valence-corrected chi connectivity index (χ2v) is 4.56. The monoisotopic (exact) mass is 242 g/mol. The zero-order valence-corrected chi connectivity index (χ0v) is 12.2. The van der Waals surface area contributed by atoms with E-state index in [9.17, 15) is 0 Å². The molecular weight excluding hydrogens is 220 g/mol. The minimum Gasteiger partial charge on any atom is -0.286 e. The van der Waals surface area contributed by atoms with Crippen molar-refractivity contribution < 1.29 is 0 Å². The number of aromatic nitrogens is 1. The molecule has 0 aliphatic rings. The predicted octanol–water partition coefficient (Wildman–Crippen LogP) is 4.03. The Labute approximate surface area is 110 Å². The van der Waals surface area contributed by atoms with E-state index in [0.717, 1.165) is 11.4 Å². The molecule has 2 nitrogen and oxygen atoms in total. The zero-order chi connectivity index (χ0) is 13.7. The van der Waals surface area contributed by atoms with Crippen molar-refractivity contribution in [2.75, 3.05) is 7.05 Å². The quantitative estimate of drug-likeness (QED) is 0.580. The Bertz CT molecular complexity index is 520. The van der Waals surface area contributed by atoms with Gasteiger partial charge in [0.2, 0.25) is 0 Å². The lowest BCUT2D eigenvalue weighted by Gasteiger charge is -2.06. The second kappa shape index (κ2) is 6.29. The number of hydrogen-bond acceptors (Lipinski definition) is 2. The summed E-state index contributed by atoms with van der Waals surface area (Å²) in [6, 6.07) is 2.09. The molecule has 1 aromatic rings. The molecule has 0 spiro atoms. The van der Waals surface area contributed by atoms with Gasteiger partial charge in [0.15, 0.2) is 0 Å². The molecule has 2 heteroatoms. The van der Waals surface area contributed by atoms with Gasteiger partial charge in [0.05, 0.1) is 11.4 Å². The molecule has 0 radical (unpaired) electrons. The second-order valence-electron chi connectivity index (χ2n) is 4.56. The van der Waals surface area contributed by atoms with Crippen LogP contribution < -0.4 is 0 Å².